The number of aromatic nitrogens is 3. The van der Waals surface area contributed by atoms with Crippen LogP contribution >= 0.6 is 0 Å². The van der Waals surface area contributed by atoms with E-state index in [0.29, 0.717) is 18.0 Å². The molecular weight excluding hydrogens is 284 g/mol. The molecule has 3 rings (SSSR count). The minimum Gasteiger partial charge on any atom is -0.497 e. The average molecular weight is 298 g/mol. The van der Waals surface area contributed by atoms with Gasteiger partial charge < -0.3 is 15.2 Å². The van der Waals surface area contributed by atoms with Crippen LogP contribution in [0.2, 0.25) is 0 Å². The minimum absolute atomic E-state index is 0.0280. The number of nitrogens with one attached hydrogen (secondary N) is 1. The Morgan fingerprint density at radius 1 is 1.27 bits per heavy atom. The number of nitrogens with zero attached hydrogens (tertiary/aromatic N) is 3. The molecule has 2 N–H and O–H groups in total. The van der Waals surface area contributed by atoms with Gasteiger partial charge in [0.05, 0.1) is 13.3 Å². The van der Waals surface area contributed by atoms with Crippen molar-refractivity contribution < 1.29 is 14.6 Å². The predicted molar refractivity (Wildman–Crippen MR) is 80.3 cm³/mol. The number of rotatable bonds is 5. The molecule has 0 aliphatic heterocycles. The second-order valence-corrected chi connectivity index (χ2v) is 4.65. The molecule has 0 amide bonds. The first-order chi connectivity index (χ1) is 10.7. The number of fused-ring (bicyclic) bond motifs is 1. The molecule has 7 nitrogen and oxygen atoms in total. The van der Waals surface area contributed by atoms with E-state index in [0.717, 1.165) is 11.3 Å². The SMILES string of the molecule is COc1ccc(CNc2ccc3nc(C(=O)O)cn3n2)cc1. The van der Waals surface area contributed by atoms with Crippen LogP contribution in [0.25, 0.3) is 5.65 Å². The van der Waals surface area contributed by atoms with Gasteiger partial charge in [-0.15, -0.1) is 5.10 Å². The van der Waals surface area contributed by atoms with E-state index in [1.165, 1.54) is 10.7 Å². The Balaban J connectivity index is 1.74. The van der Waals surface area contributed by atoms with Gasteiger partial charge in [-0.05, 0) is 29.8 Å². The fourth-order valence-corrected chi connectivity index (χ4v) is 2.02. The molecule has 0 fully saturated rings. The fourth-order valence-electron chi connectivity index (χ4n) is 2.02. The Kier molecular flexibility index (Phi) is 3.61. The molecule has 0 saturated heterocycles. The molecule has 0 atom stereocenters. The van der Waals surface area contributed by atoms with E-state index in [1.807, 2.05) is 24.3 Å². The van der Waals surface area contributed by atoms with Crippen molar-refractivity contribution in [1.29, 1.82) is 0 Å². The van der Waals surface area contributed by atoms with Crippen molar-refractivity contribution in [2.75, 3.05) is 12.4 Å². The summed E-state index contributed by atoms with van der Waals surface area (Å²) in [4.78, 5) is 14.8. The summed E-state index contributed by atoms with van der Waals surface area (Å²) >= 11 is 0. The van der Waals surface area contributed by atoms with E-state index in [2.05, 4.69) is 15.4 Å². The highest BCUT2D eigenvalue weighted by atomic mass is 16.5. The molecule has 2 aromatic heterocycles. The van der Waals surface area contributed by atoms with Crippen molar-refractivity contribution >= 4 is 17.4 Å². The fraction of sp³-hybridized carbons (Fsp3) is 0.133. The van der Waals surface area contributed by atoms with Crippen molar-refractivity contribution in [3.05, 3.63) is 53.9 Å². The molecule has 2 heterocycles. The lowest BCUT2D eigenvalue weighted by Gasteiger charge is -2.06. The first-order valence-corrected chi connectivity index (χ1v) is 6.62. The van der Waals surface area contributed by atoms with Crippen LogP contribution < -0.4 is 10.1 Å². The zero-order valence-electron chi connectivity index (χ0n) is 11.9. The van der Waals surface area contributed by atoms with Gasteiger partial charge in [0.25, 0.3) is 0 Å². The lowest BCUT2D eigenvalue weighted by atomic mass is 10.2. The molecule has 0 radical (unpaired) electrons. The van der Waals surface area contributed by atoms with Gasteiger partial charge in [0.15, 0.2) is 11.3 Å². The van der Waals surface area contributed by atoms with Gasteiger partial charge in [0.2, 0.25) is 0 Å². The summed E-state index contributed by atoms with van der Waals surface area (Å²) in [6.45, 7) is 0.600. The van der Waals surface area contributed by atoms with Crippen LogP contribution in [0.3, 0.4) is 0 Å². The number of benzene rings is 1. The van der Waals surface area contributed by atoms with Crippen LogP contribution in [0.1, 0.15) is 16.1 Å². The van der Waals surface area contributed by atoms with Gasteiger partial charge in [-0.2, -0.15) is 0 Å². The van der Waals surface area contributed by atoms with Crippen molar-refractivity contribution in [2.24, 2.45) is 0 Å². The Labute approximate surface area is 126 Å². The third-order valence-corrected chi connectivity index (χ3v) is 3.17. The third kappa shape index (κ3) is 2.83. The maximum absolute atomic E-state index is 10.9. The van der Waals surface area contributed by atoms with E-state index in [4.69, 9.17) is 9.84 Å². The third-order valence-electron chi connectivity index (χ3n) is 3.17. The zero-order valence-corrected chi connectivity index (χ0v) is 11.9. The van der Waals surface area contributed by atoms with E-state index in [1.54, 1.807) is 19.2 Å². The summed E-state index contributed by atoms with van der Waals surface area (Å²) in [6, 6.07) is 11.2. The van der Waals surface area contributed by atoms with E-state index >= 15 is 0 Å². The van der Waals surface area contributed by atoms with Crippen LogP contribution in [0, 0.1) is 0 Å². The lowest BCUT2D eigenvalue weighted by Crippen LogP contribution is -2.03. The number of aromatic carboxylic acids is 1. The summed E-state index contributed by atoms with van der Waals surface area (Å²) in [6.07, 6.45) is 1.39. The Morgan fingerprint density at radius 3 is 2.73 bits per heavy atom. The second-order valence-electron chi connectivity index (χ2n) is 4.65. The second kappa shape index (κ2) is 5.72. The standard InChI is InChI=1S/C15H14N4O3/c1-22-11-4-2-10(3-5-11)8-16-13-6-7-14-17-12(15(20)21)9-19(14)18-13/h2-7,9H,8H2,1H3,(H,16,18)(H,20,21). The highest BCUT2D eigenvalue weighted by molar-refractivity contribution is 5.86. The molecule has 0 unspecified atom stereocenters. The van der Waals surface area contributed by atoms with E-state index in [-0.39, 0.29) is 5.69 Å². The molecule has 0 aliphatic carbocycles. The van der Waals surface area contributed by atoms with Crippen LogP contribution in [-0.4, -0.2) is 32.8 Å². The summed E-state index contributed by atoms with van der Waals surface area (Å²) in [5, 5.41) is 16.4. The molecule has 3 aromatic rings. The number of hydrogen-bond acceptors (Lipinski definition) is 5. The normalized spacial score (nSPS) is 10.6. The molecule has 0 spiro atoms. The number of carboxylic acid groups (broad SMARTS) is 1. The summed E-state index contributed by atoms with van der Waals surface area (Å²) < 4.78 is 6.56. The number of hydrogen-bond donors (Lipinski definition) is 2. The topological polar surface area (TPSA) is 88.8 Å². The van der Waals surface area contributed by atoms with Gasteiger partial charge in [-0.1, -0.05) is 12.1 Å². The number of imidazole rings is 1. The van der Waals surface area contributed by atoms with Gasteiger partial charge in [-0.25, -0.2) is 14.3 Å². The first-order valence-electron chi connectivity index (χ1n) is 6.62. The molecule has 0 bridgehead atoms. The molecule has 0 saturated carbocycles. The lowest BCUT2D eigenvalue weighted by molar-refractivity contribution is 0.0691. The Morgan fingerprint density at radius 2 is 2.05 bits per heavy atom. The summed E-state index contributed by atoms with van der Waals surface area (Å²) in [5.74, 6) is 0.374. The predicted octanol–water partition coefficient (Wildman–Crippen LogP) is 2.05. The molecule has 7 heteroatoms. The Hall–Kier alpha value is -3.09. The average Bonchev–Trinajstić information content (AvgIpc) is 2.97. The van der Waals surface area contributed by atoms with Crippen molar-refractivity contribution in [3.63, 3.8) is 0 Å². The molecule has 1 aromatic carbocycles. The van der Waals surface area contributed by atoms with Crippen molar-refractivity contribution in [2.45, 2.75) is 6.54 Å². The van der Waals surface area contributed by atoms with Crippen molar-refractivity contribution in [1.82, 2.24) is 14.6 Å². The maximum atomic E-state index is 10.9. The van der Waals surface area contributed by atoms with Crippen LogP contribution in [0.4, 0.5) is 5.82 Å². The zero-order chi connectivity index (χ0) is 15.5. The van der Waals surface area contributed by atoms with E-state index in [9.17, 15) is 4.79 Å². The Bertz CT molecular complexity index is 811. The van der Waals surface area contributed by atoms with E-state index < -0.39 is 5.97 Å². The first kappa shape index (κ1) is 13.9. The van der Waals surface area contributed by atoms with Crippen LogP contribution in [0.5, 0.6) is 5.75 Å². The smallest absolute Gasteiger partial charge is 0.356 e. The van der Waals surface area contributed by atoms with Gasteiger partial charge >= 0.3 is 5.97 Å². The van der Waals surface area contributed by atoms with Crippen molar-refractivity contribution in [3.8, 4) is 5.75 Å². The molecular formula is C15H14N4O3. The number of carbonyl (C=O) groups is 1. The monoisotopic (exact) mass is 298 g/mol. The quantitative estimate of drug-likeness (QED) is 0.749. The highest BCUT2D eigenvalue weighted by Crippen LogP contribution is 2.13. The number of ether oxygens (including phenoxy) is 1. The minimum atomic E-state index is -1.07. The number of methoxy groups -OCH3 is 1. The largest absolute Gasteiger partial charge is 0.497 e. The van der Waals surface area contributed by atoms with Gasteiger partial charge in [0.1, 0.15) is 11.6 Å². The molecule has 22 heavy (non-hydrogen) atoms. The molecule has 0 aliphatic rings. The van der Waals surface area contributed by atoms with Crippen LogP contribution in [-0.2, 0) is 6.54 Å². The van der Waals surface area contributed by atoms with Crippen LogP contribution in [0.15, 0.2) is 42.6 Å². The maximum Gasteiger partial charge on any atom is 0.356 e. The molecule has 112 valence electrons. The number of anilines is 1. The number of carboxylic acids is 1. The summed E-state index contributed by atoms with van der Waals surface area (Å²) in [5.41, 5.74) is 1.55. The summed E-state index contributed by atoms with van der Waals surface area (Å²) in [7, 11) is 1.63. The van der Waals surface area contributed by atoms with Gasteiger partial charge in [-0.3, -0.25) is 0 Å². The van der Waals surface area contributed by atoms with Gasteiger partial charge in [0, 0.05) is 6.54 Å². The highest BCUT2D eigenvalue weighted by Gasteiger charge is 2.09.